The van der Waals surface area contributed by atoms with Gasteiger partial charge in [-0.25, -0.2) is 8.42 Å². The van der Waals surface area contributed by atoms with E-state index in [2.05, 4.69) is 11.2 Å². The van der Waals surface area contributed by atoms with Crippen molar-refractivity contribution < 1.29 is 17.7 Å². The summed E-state index contributed by atoms with van der Waals surface area (Å²) in [6.07, 6.45) is 6.70. The molecule has 3 heterocycles. The number of carbonyl (C=O) groups excluding carboxylic acids is 1. The SMILES string of the molecule is Cc1ccc(C)c(/C=C/c2onc(C)c2S(=O)(=O)N2CCC[C@@H](C(=O)N3CCCc4ccccc43)C2)c1. The predicted octanol–water partition coefficient (Wildman–Crippen LogP) is 5.15. The van der Waals surface area contributed by atoms with Crippen molar-refractivity contribution >= 4 is 33.8 Å². The van der Waals surface area contributed by atoms with Crippen LogP contribution in [-0.2, 0) is 21.2 Å². The predicted molar refractivity (Wildman–Crippen MR) is 145 cm³/mol. The molecule has 37 heavy (non-hydrogen) atoms. The van der Waals surface area contributed by atoms with E-state index in [-0.39, 0.29) is 29.0 Å². The van der Waals surface area contributed by atoms with Crippen LogP contribution in [0, 0.1) is 26.7 Å². The number of anilines is 1. The minimum atomic E-state index is -3.91. The Morgan fingerprint density at radius 2 is 1.86 bits per heavy atom. The second-order valence-electron chi connectivity index (χ2n) is 10.1. The van der Waals surface area contributed by atoms with Gasteiger partial charge in [0.15, 0.2) is 10.7 Å². The van der Waals surface area contributed by atoms with Crippen LogP contribution >= 0.6 is 0 Å². The monoisotopic (exact) mass is 519 g/mol. The maximum absolute atomic E-state index is 13.8. The average molecular weight is 520 g/mol. The summed E-state index contributed by atoms with van der Waals surface area (Å²) in [5.41, 5.74) is 5.63. The van der Waals surface area contributed by atoms with Crippen molar-refractivity contribution in [2.24, 2.45) is 5.92 Å². The van der Waals surface area contributed by atoms with E-state index in [1.54, 1.807) is 13.0 Å². The number of amides is 1. The quantitative estimate of drug-likeness (QED) is 0.466. The summed E-state index contributed by atoms with van der Waals surface area (Å²) in [7, 11) is -3.91. The third-order valence-electron chi connectivity index (χ3n) is 7.39. The zero-order valence-electron chi connectivity index (χ0n) is 21.6. The second-order valence-corrected chi connectivity index (χ2v) is 12.0. The largest absolute Gasteiger partial charge is 0.355 e. The van der Waals surface area contributed by atoms with E-state index in [4.69, 9.17) is 4.52 Å². The molecule has 194 valence electrons. The van der Waals surface area contributed by atoms with Gasteiger partial charge in [0.25, 0.3) is 0 Å². The lowest BCUT2D eigenvalue weighted by Gasteiger charge is -2.36. The van der Waals surface area contributed by atoms with E-state index >= 15 is 0 Å². The van der Waals surface area contributed by atoms with Gasteiger partial charge < -0.3 is 9.42 Å². The fourth-order valence-electron chi connectivity index (χ4n) is 5.38. The summed E-state index contributed by atoms with van der Waals surface area (Å²) >= 11 is 0. The van der Waals surface area contributed by atoms with Gasteiger partial charge in [0.1, 0.15) is 5.69 Å². The molecule has 2 aromatic carbocycles. The first kappa shape index (κ1) is 25.4. The molecule has 1 atom stereocenters. The Bertz CT molecular complexity index is 1460. The number of para-hydroxylation sites is 1. The van der Waals surface area contributed by atoms with Crippen molar-refractivity contribution in [1.82, 2.24) is 9.46 Å². The molecule has 0 aliphatic carbocycles. The first-order chi connectivity index (χ1) is 17.8. The molecule has 0 radical (unpaired) electrons. The molecule has 0 unspecified atom stereocenters. The van der Waals surface area contributed by atoms with Crippen LogP contribution in [0.25, 0.3) is 12.2 Å². The van der Waals surface area contributed by atoms with Crippen LogP contribution in [0.15, 0.2) is 51.9 Å². The molecular formula is C29H33N3O4S. The maximum Gasteiger partial charge on any atom is 0.248 e. The zero-order valence-corrected chi connectivity index (χ0v) is 22.4. The van der Waals surface area contributed by atoms with Crippen LogP contribution < -0.4 is 4.90 Å². The molecule has 0 bridgehead atoms. The summed E-state index contributed by atoms with van der Waals surface area (Å²) in [5.74, 6) is -0.176. The molecule has 1 amide bonds. The molecule has 2 aliphatic rings. The van der Waals surface area contributed by atoms with Crippen LogP contribution in [0.3, 0.4) is 0 Å². The van der Waals surface area contributed by atoms with Crippen LogP contribution in [-0.4, -0.2) is 43.4 Å². The standard InChI is InChI=1S/C29H33N3O4S/c1-20-12-13-21(2)24(18-20)14-15-27-28(22(3)30-36-27)37(34,35)31-16-6-10-25(19-31)29(33)32-17-7-9-23-8-4-5-11-26(23)32/h4-5,8,11-15,18,25H,6-7,9-10,16-17,19H2,1-3H3/b15-14+/t25-/m1/s1. The molecule has 8 heteroatoms. The van der Waals surface area contributed by atoms with E-state index in [0.717, 1.165) is 35.2 Å². The number of nitrogens with zero attached hydrogens (tertiary/aromatic N) is 3. The van der Waals surface area contributed by atoms with Crippen molar-refractivity contribution in [3.63, 3.8) is 0 Å². The molecule has 3 aromatic rings. The third kappa shape index (κ3) is 5.00. The van der Waals surface area contributed by atoms with Gasteiger partial charge in [-0.2, -0.15) is 4.31 Å². The Labute approximate surface area is 218 Å². The second kappa shape index (κ2) is 10.3. The number of fused-ring (bicyclic) bond motifs is 1. The summed E-state index contributed by atoms with van der Waals surface area (Å²) in [6.45, 7) is 6.86. The number of sulfonamides is 1. The number of benzene rings is 2. The molecule has 7 nitrogen and oxygen atoms in total. The maximum atomic E-state index is 13.8. The van der Waals surface area contributed by atoms with Gasteiger partial charge in [0.05, 0.1) is 5.92 Å². The number of piperidine rings is 1. The van der Waals surface area contributed by atoms with Crippen LogP contribution in [0.4, 0.5) is 5.69 Å². The summed E-state index contributed by atoms with van der Waals surface area (Å²) < 4.78 is 34.6. The lowest BCUT2D eigenvalue weighted by molar-refractivity contribution is -0.123. The van der Waals surface area contributed by atoms with E-state index in [9.17, 15) is 13.2 Å². The number of aryl methyl sites for hydroxylation is 4. The van der Waals surface area contributed by atoms with Gasteiger partial charge in [-0.3, -0.25) is 4.79 Å². The molecule has 5 rings (SSSR count). The molecule has 0 saturated carbocycles. The van der Waals surface area contributed by atoms with E-state index < -0.39 is 10.0 Å². The topological polar surface area (TPSA) is 83.7 Å². The first-order valence-corrected chi connectivity index (χ1v) is 14.3. The summed E-state index contributed by atoms with van der Waals surface area (Å²) in [4.78, 5) is 15.5. The van der Waals surface area contributed by atoms with E-state index in [1.807, 2.05) is 61.2 Å². The van der Waals surface area contributed by atoms with Crippen LogP contribution in [0.2, 0.25) is 0 Å². The van der Waals surface area contributed by atoms with Gasteiger partial charge in [-0.05, 0) is 75.3 Å². The molecule has 1 saturated heterocycles. The normalized spacial score (nSPS) is 18.8. The fourth-order valence-corrected chi connectivity index (χ4v) is 7.15. The summed E-state index contributed by atoms with van der Waals surface area (Å²) in [6, 6.07) is 14.1. The highest BCUT2D eigenvalue weighted by atomic mass is 32.2. The summed E-state index contributed by atoms with van der Waals surface area (Å²) in [5, 5.41) is 3.98. The zero-order chi connectivity index (χ0) is 26.2. The fraction of sp³-hybridized carbons (Fsp3) is 0.379. The van der Waals surface area contributed by atoms with Gasteiger partial charge in [-0.1, -0.05) is 53.2 Å². The van der Waals surface area contributed by atoms with Gasteiger partial charge in [0, 0.05) is 25.3 Å². The van der Waals surface area contributed by atoms with Crippen LogP contribution in [0.1, 0.15) is 53.0 Å². The molecule has 2 aliphatic heterocycles. The lowest BCUT2D eigenvalue weighted by Crippen LogP contribution is -2.48. The van der Waals surface area contributed by atoms with Crippen molar-refractivity contribution in [3.05, 3.63) is 76.2 Å². The minimum absolute atomic E-state index is 0.00383. The average Bonchev–Trinajstić information content (AvgIpc) is 3.29. The highest BCUT2D eigenvalue weighted by Crippen LogP contribution is 2.33. The van der Waals surface area contributed by atoms with Crippen molar-refractivity contribution in [1.29, 1.82) is 0 Å². The number of carbonyl (C=O) groups is 1. The Morgan fingerprint density at radius 3 is 2.70 bits per heavy atom. The molecular weight excluding hydrogens is 486 g/mol. The number of hydrogen-bond donors (Lipinski definition) is 0. The van der Waals surface area contributed by atoms with E-state index in [0.29, 0.717) is 31.6 Å². The molecule has 0 spiro atoms. The highest BCUT2D eigenvalue weighted by Gasteiger charge is 2.38. The van der Waals surface area contributed by atoms with Crippen LogP contribution in [0.5, 0.6) is 0 Å². The van der Waals surface area contributed by atoms with Crippen molar-refractivity contribution in [3.8, 4) is 0 Å². The van der Waals surface area contributed by atoms with E-state index in [1.165, 1.54) is 9.87 Å². The first-order valence-electron chi connectivity index (χ1n) is 12.9. The van der Waals surface area contributed by atoms with Crippen molar-refractivity contribution in [2.45, 2.75) is 51.3 Å². The Morgan fingerprint density at radius 1 is 1.05 bits per heavy atom. The van der Waals surface area contributed by atoms with Gasteiger partial charge in [-0.15, -0.1) is 0 Å². The lowest BCUT2D eigenvalue weighted by atomic mass is 9.95. The Balaban J connectivity index is 1.39. The molecule has 1 aromatic heterocycles. The number of rotatable bonds is 5. The third-order valence-corrected chi connectivity index (χ3v) is 9.41. The van der Waals surface area contributed by atoms with Crippen molar-refractivity contribution in [2.75, 3.05) is 24.5 Å². The molecule has 0 N–H and O–H groups in total. The highest BCUT2D eigenvalue weighted by molar-refractivity contribution is 7.89. The van der Waals surface area contributed by atoms with Gasteiger partial charge in [0.2, 0.25) is 15.9 Å². The Kier molecular flexibility index (Phi) is 7.05. The molecule has 1 fully saturated rings. The minimum Gasteiger partial charge on any atom is -0.355 e. The number of hydrogen-bond acceptors (Lipinski definition) is 5. The van der Waals surface area contributed by atoms with Gasteiger partial charge >= 0.3 is 0 Å². The number of aromatic nitrogens is 1. The smallest absolute Gasteiger partial charge is 0.248 e. The Hall–Kier alpha value is -3.23.